The van der Waals surface area contributed by atoms with Gasteiger partial charge in [-0.1, -0.05) is 64.9 Å². The van der Waals surface area contributed by atoms with Crippen LogP contribution in [-0.2, 0) is 16.1 Å². The van der Waals surface area contributed by atoms with E-state index in [1.807, 2.05) is 55.5 Å². The fourth-order valence-corrected chi connectivity index (χ4v) is 7.05. The van der Waals surface area contributed by atoms with Crippen LogP contribution in [0.15, 0.2) is 90.7 Å². The number of nitriles is 1. The smallest absolute Gasteiger partial charge is 0.338 e. The molecule has 0 fully saturated rings. The summed E-state index contributed by atoms with van der Waals surface area (Å²) < 4.78 is 20.6. The monoisotopic (exact) mass is 749 g/mol. The molecule has 0 N–H and O–H groups in total. The minimum Gasteiger partial charge on any atom is -0.496 e. The lowest BCUT2D eigenvalue weighted by atomic mass is 9.94. The van der Waals surface area contributed by atoms with E-state index in [0.717, 1.165) is 16.5 Å². The molecule has 0 saturated heterocycles. The first-order valence-electron chi connectivity index (χ1n) is 14.2. The molecule has 1 aromatic heterocycles. The Morgan fingerprint density at radius 2 is 1.89 bits per heavy atom. The summed E-state index contributed by atoms with van der Waals surface area (Å²) >= 11 is 8.35. The molecule has 0 unspecified atom stereocenters. The second-order valence-corrected chi connectivity index (χ2v) is 12.8. The lowest BCUT2D eigenvalue weighted by molar-refractivity contribution is -0.139. The Kier molecular flexibility index (Phi) is 10.4. The van der Waals surface area contributed by atoms with Crippen molar-refractivity contribution < 1.29 is 19.0 Å². The molecule has 8 nitrogen and oxygen atoms in total. The summed E-state index contributed by atoms with van der Waals surface area (Å²) in [6.45, 7) is 4.14. The van der Waals surface area contributed by atoms with Crippen LogP contribution >= 0.6 is 43.2 Å². The standard InChI is InChI=1S/C34H29Br2N3O5S/c1-4-8-26-30(33(41)43-5-2)31(20-11-13-28(42-3)25(36)16-20)39-32(40)29(45-34(39)38-26)17-23-15-24(35)12-14-27(23)44-19-22-10-7-6-9-21(22)18-37/h6-7,9-17,31H,4-5,8,19H2,1-3H3/b29-17-/t31-/m1/s1. The van der Waals surface area contributed by atoms with Gasteiger partial charge in [-0.3, -0.25) is 9.36 Å². The van der Waals surface area contributed by atoms with Crippen LogP contribution < -0.4 is 24.4 Å². The molecule has 1 aliphatic rings. The Bertz CT molecular complexity index is 2030. The van der Waals surface area contributed by atoms with Crippen LogP contribution in [0.3, 0.4) is 0 Å². The molecule has 0 aliphatic carbocycles. The van der Waals surface area contributed by atoms with Gasteiger partial charge in [-0.2, -0.15) is 5.26 Å². The summed E-state index contributed by atoms with van der Waals surface area (Å²) in [5, 5.41) is 9.49. The molecule has 11 heteroatoms. The number of carbonyl (C=O) groups excluding carboxylic acids is 1. The van der Waals surface area contributed by atoms with Crippen LogP contribution in [0.2, 0.25) is 0 Å². The number of esters is 1. The summed E-state index contributed by atoms with van der Waals surface area (Å²) in [6.07, 6.45) is 3.07. The van der Waals surface area contributed by atoms with Gasteiger partial charge in [0.15, 0.2) is 4.80 Å². The van der Waals surface area contributed by atoms with E-state index < -0.39 is 12.0 Å². The molecule has 2 heterocycles. The van der Waals surface area contributed by atoms with Gasteiger partial charge in [0.05, 0.1) is 51.7 Å². The van der Waals surface area contributed by atoms with Crippen LogP contribution in [0.4, 0.5) is 0 Å². The SMILES string of the molecule is CCCC1=C(C(=O)OCC)[C@@H](c2ccc(OC)c(Br)c2)n2c(s/c(=C\c3cc(Br)ccc3OCc3ccccc3C#N)c2=O)=N1. The number of halogens is 2. The first kappa shape index (κ1) is 32.4. The predicted octanol–water partition coefficient (Wildman–Crippen LogP) is 6.56. The van der Waals surface area contributed by atoms with Crippen molar-refractivity contribution in [1.29, 1.82) is 5.26 Å². The lowest BCUT2D eigenvalue weighted by Crippen LogP contribution is -2.40. The van der Waals surface area contributed by atoms with Gasteiger partial charge >= 0.3 is 5.97 Å². The zero-order chi connectivity index (χ0) is 32.1. The molecule has 3 aromatic carbocycles. The van der Waals surface area contributed by atoms with Crippen molar-refractivity contribution in [3.8, 4) is 17.6 Å². The Hall–Kier alpha value is -3.98. The topological polar surface area (TPSA) is 103 Å². The highest BCUT2D eigenvalue weighted by Crippen LogP contribution is 2.36. The number of carbonyl (C=O) groups is 1. The van der Waals surface area contributed by atoms with Crippen LogP contribution in [0.5, 0.6) is 11.5 Å². The maximum atomic E-state index is 14.2. The molecule has 45 heavy (non-hydrogen) atoms. The highest BCUT2D eigenvalue weighted by Gasteiger charge is 2.34. The van der Waals surface area contributed by atoms with E-state index in [4.69, 9.17) is 19.2 Å². The largest absolute Gasteiger partial charge is 0.496 e. The first-order valence-corrected chi connectivity index (χ1v) is 16.7. The van der Waals surface area contributed by atoms with E-state index in [1.165, 1.54) is 11.3 Å². The number of methoxy groups -OCH3 is 1. The number of thiazole rings is 1. The summed E-state index contributed by atoms with van der Waals surface area (Å²) in [5.41, 5.74) is 3.33. The molecular formula is C34H29Br2N3O5S. The van der Waals surface area contributed by atoms with E-state index in [-0.39, 0.29) is 18.8 Å². The number of hydrogen-bond donors (Lipinski definition) is 0. The predicted molar refractivity (Wildman–Crippen MR) is 180 cm³/mol. The fourth-order valence-electron chi connectivity index (χ4n) is 5.10. The van der Waals surface area contributed by atoms with E-state index in [0.29, 0.717) is 59.7 Å². The summed E-state index contributed by atoms with van der Waals surface area (Å²) in [5.74, 6) is 0.670. The molecule has 0 radical (unpaired) electrons. The molecule has 0 saturated carbocycles. The van der Waals surface area contributed by atoms with Crippen molar-refractivity contribution in [1.82, 2.24) is 4.57 Å². The Morgan fingerprint density at radius 3 is 2.60 bits per heavy atom. The van der Waals surface area contributed by atoms with Crippen molar-refractivity contribution in [3.63, 3.8) is 0 Å². The summed E-state index contributed by atoms with van der Waals surface area (Å²) in [6, 6.07) is 19.7. The quantitative estimate of drug-likeness (QED) is 0.170. The van der Waals surface area contributed by atoms with Crippen molar-refractivity contribution in [2.75, 3.05) is 13.7 Å². The number of fused-ring (bicyclic) bond motifs is 1. The maximum Gasteiger partial charge on any atom is 0.338 e. The third-order valence-electron chi connectivity index (χ3n) is 7.16. The molecule has 4 aromatic rings. The van der Waals surface area contributed by atoms with Gasteiger partial charge in [-0.15, -0.1) is 0 Å². The number of nitrogens with zero attached hydrogens (tertiary/aromatic N) is 3. The van der Waals surface area contributed by atoms with Gasteiger partial charge < -0.3 is 14.2 Å². The Balaban J connectivity index is 1.67. The zero-order valence-corrected chi connectivity index (χ0v) is 28.8. The second-order valence-electron chi connectivity index (χ2n) is 10.0. The molecule has 5 rings (SSSR count). The molecule has 0 spiro atoms. The van der Waals surface area contributed by atoms with Crippen molar-refractivity contribution in [3.05, 3.63) is 123 Å². The number of hydrogen-bond acceptors (Lipinski definition) is 8. The van der Waals surface area contributed by atoms with E-state index in [1.54, 1.807) is 36.8 Å². The molecular weight excluding hydrogens is 722 g/mol. The maximum absolute atomic E-state index is 14.2. The average molecular weight is 751 g/mol. The van der Waals surface area contributed by atoms with Crippen LogP contribution in [0.25, 0.3) is 6.08 Å². The Labute approximate surface area is 281 Å². The highest BCUT2D eigenvalue weighted by molar-refractivity contribution is 9.10. The normalized spacial score (nSPS) is 14.4. The minimum atomic E-state index is -0.757. The van der Waals surface area contributed by atoms with Gasteiger partial charge in [0, 0.05) is 15.6 Å². The number of allylic oxidation sites excluding steroid dienone is 1. The van der Waals surface area contributed by atoms with Crippen molar-refractivity contribution >= 4 is 55.2 Å². The molecule has 0 amide bonds. The highest BCUT2D eigenvalue weighted by atomic mass is 79.9. The molecule has 0 bridgehead atoms. The van der Waals surface area contributed by atoms with Gasteiger partial charge in [-0.05, 0) is 77.3 Å². The van der Waals surface area contributed by atoms with Crippen LogP contribution in [0.1, 0.15) is 55.0 Å². The number of aromatic nitrogens is 1. The van der Waals surface area contributed by atoms with Gasteiger partial charge in [-0.25, -0.2) is 9.79 Å². The molecule has 1 aliphatic heterocycles. The lowest BCUT2D eigenvalue weighted by Gasteiger charge is -2.26. The van der Waals surface area contributed by atoms with Crippen molar-refractivity contribution in [2.45, 2.75) is 39.3 Å². The minimum absolute atomic E-state index is 0.184. The second kappa shape index (κ2) is 14.4. The van der Waals surface area contributed by atoms with Crippen LogP contribution in [0, 0.1) is 11.3 Å². The first-order chi connectivity index (χ1) is 21.8. The van der Waals surface area contributed by atoms with E-state index in [2.05, 4.69) is 37.9 Å². The molecule has 1 atom stereocenters. The average Bonchev–Trinajstić information content (AvgIpc) is 3.34. The number of ether oxygens (including phenoxy) is 3. The number of benzene rings is 3. The van der Waals surface area contributed by atoms with E-state index >= 15 is 0 Å². The molecule has 230 valence electrons. The fraction of sp³-hybridized carbons (Fsp3) is 0.235. The van der Waals surface area contributed by atoms with Gasteiger partial charge in [0.2, 0.25) is 0 Å². The van der Waals surface area contributed by atoms with Crippen LogP contribution in [-0.4, -0.2) is 24.3 Å². The van der Waals surface area contributed by atoms with Crippen molar-refractivity contribution in [2.24, 2.45) is 4.99 Å². The van der Waals surface area contributed by atoms with Gasteiger partial charge in [0.1, 0.15) is 18.1 Å². The van der Waals surface area contributed by atoms with Gasteiger partial charge in [0.25, 0.3) is 5.56 Å². The summed E-state index contributed by atoms with van der Waals surface area (Å²) in [4.78, 5) is 33.0. The number of rotatable bonds is 10. The third kappa shape index (κ3) is 6.83. The zero-order valence-electron chi connectivity index (χ0n) is 24.8. The summed E-state index contributed by atoms with van der Waals surface area (Å²) in [7, 11) is 1.58. The third-order valence-corrected chi connectivity index (χ3v) is 9.26. The van der Waals surface area contributed by atoms with E-state index in [9.17, 15) is 14.9 Å². The Morgan fingerprint density at radius 1 is 1.11 bits per heavy atom.